The van der Waals surface area contributed by atoms with Gasteiger partial charge in [-0.15, -0.1) is 0 Å². The zero-order valence-electron chi connectivity index (χ0n) is 11.3. The van der Waals surface area contributed by atoms with Gasteiger partial charge in [0.05, 0.1) is 19.6 Å². The lowest BCUT2D eigenvalue weighted by atomic mass is 10.2. The highest BCUT2D eigenvalue weighted by Gasteiger charge is 2.18. The minimum atomic E-state index is -1.06. The predicted octanol–water partition coefficient (Wildman–Crippen LogP) is -0.462. The number of carboxylic acid groups (broad SMARTS) is 1. The van der Waals surface area contributed by atoms with E-state index in [1.54, 1.807) is 14.0 Å². The number of hydrogen-bond acceptors (Lipinski definition) is 5. The minimum absolute atomic E-state index is 0.110. The predicted molar refractivity (Wildman–Crippen MR) is 65.7 cm³/mol. The standard InChI is InChI=1S/C11H20N2O6/c1-8(10(16)18-3)6-13(2)11(17)12-4-5-19-7-9(14)15/h8H,4-7H2,1-3H3,(H,12,17)(H,14,15). The summed E-state index contributed by atoms with van der Waals surface area (Å²) in [6.45, 7) is 1.80. The highest BCUT2D eigenvalue weighted by Crippen LogP contribution is 2.00. The quantitative estimate of drug-likeness (QED) is 0.459. The maximum absolute atomic E-state index is 11.6. The number of carbonyl (C=O) groups is 3. The van der Waals surface area contributed by atoms with E-state index in [0.29, 0.717) is 0 Å². The summed E-state index contributed by atoms with van der Waals surface area (Å²) in [5.41, 5.74) is 0. The number of nitrogens with zero attached hydrogens (tertiary/aromatic N) is 1. The molecule has 1 atom stereocenters. The third-order valence-electron chi connectivity index (χ3n) is 2.25. The van der Waals surface area contributed by atoms with Gasteiger partial charge in [0.1, 0.15) is 6.61 Å². The van der Waals surface area contributed by atoms with Gasteiger partial charge in [-0.2, -0.15) is 0 Å². The first-order valence-corrected chi connectivity index (χ1v) is 5.74. The number of urea groups is 1. The Balaban J connectivity index is 3.82. The van der Waals surface area contributed by atoms with Crippen LogP contribution in [0, 0.1) is 5.92 Å². The molecule has 0 aromatic rings. The lowest BCUT2D eigenvalue weighted by Crippen LogP contribution is -2.42. The van der Waals surface area contributed by atoms with Crippen LogP contribution in [-0.2, 0) is 19.1 Å². The molecule has 110 valence electrons. The number of aliphatic carboxylic acids is 1. The molecule has 0 aromatic carbocycles. The number of nitrogens with one attached hydrogen (secondary N) is 1. The molecule has 0 heterocycles. The fourth-order valence-electron chi connectivity index (χ4n) is 1.29. The third-order valence-corrected chi connectivity index (χ3v) is 2.25. The molecule has 19 heavy (non-hydrogen) atoms. The average molecular weight is 276 g/mol. The monoisotopic (exact) mass is 276 g/mol. The summed E-state index contributed by atoms with van der Waals surface area (Å²) in [5.74, 6) is -1.86. The van der Waals surface area contributed by atoms with Crippen molar-refractivity contribution in [3.8, 4) is 0 Å². The van der Waals surface area contributed by atoms with Crippen LogP contribution >= 0.6 is 0 Å². The zero-order chi connectivity index (χ0) is 14.8. The molecule has 0 aliphatic rings. The van der Waals surface area contributed by atoms with Crippen LogP contribution in [0.15, 0.2) is 0 Å². The highest BCUT2D eigenvalue weighted by atomic mass is 16.5. The normalized spacial score (nSPS) is 11.5. The SMILES string of the molecule is COC(=O)C(C)CN(C)C(=O)NCCOCC(=O)O. The van der Waals surface area contributed by atoms with Crippen molar-refractivity contribution in [3.63, 3.8) is 0 Å². The maximum atomic E-state index is 11.6. The van der Waals surface area contributed by atoms with Gasteiger partial charge in [-0.25, -0.2) is 9.59 Å². The first kappa shape index (κ1) is 17.2. The van der Waals surface area contributed by atoms with E-state index >= 15 is 0 Å². The molecule has 0 fully saturated rings. The molecule has 8 heteroatoms. The van der Waals surface area contributed by atoms with Crippen molar-refractivity contribution >= 4 is 18.0 Å². The van der Waals surface area contributed by atoms with Gasteiger partial charge in [-0.05, 0) is 0 Å². The first-order valence-electron chi connectivity index (χ1n) is 5.74. The largest absolute Gasteiger partial charge is 0.480 e. The van der Waals surface area contributed by atoms with Crippen LogP contribution < -0.4 is 5.32 Å². The van der Waals surface area contributed by atoms with E-state index in [9.17, 15) is 14.4 Å². The zero-order valence-corrected chi connectivity index (χ0v) is 11.3. The fraction of sp³-hybridized carbons (Fsp3) is 0.727. The lowest BCUT2D eigenvalue weighted by Gasteiger charge is -2.20. The lowest BCUT2D eigenvalue weighted by molar-refractivity contribution is -0.145. The molecule has 0 aliphatic heterocycles. The molecule has 0 aromatic heterocycles. The molecular weight excluding hydrogens is 256 g/mol. The Labute approximate surface area is 111 Å². The third kappa shape index (κ3) is 7.98. The Hall–Kier alpha value is -1.83. The summed E-state index contributed by atoms with van der Waals surface area (Å²) < 4.78 is 9.31. The van der Waals surface area contributed by atoms with Crippen molar-refractivity contribution in [3.05, 3.63) is 0 Å². The molecule has 0 rings (SSSR count). The van der Waals surface area contributed by atoms with E-state index in [4.69, 9.17) is 9.84 Å². The number of carboxylic acids is 1. The molecule has 0 radical (unpaired) electrons. The van der Waals surface area contributed by atoms with E-state index in [1.165, 1.54) is 12.0 Å². The van der Waals surface area contributed by atoms with E-state index < -0.39 is 18.5 Å². The second kappa shape index (κ2) is 9.15. The van der Waals surface area contributed by atoms with Gasteiger partial charge < -0.3 is 24.8 Å². The molecule has 8 nitrogen and oxygen atoms in total. The van der Waals surface area contributed by atoms with Crippen LogP contribution in [-0.4, -0.2) is 68.4 Å². The minimum Gasteiger partial charge on any atom is -0.480 e. The molecule has 0 saturated heterocycles. The Morgan fingerprint density at radius 3 is 2.53 bits per heavy atom. The van der Waals surface area contributed by atoms with E-state index in [0.717, 1.165) is 0 Å². The van der Waals surface area contributed by atoms with E-state index in [-0.39, 0.29) is 31.7 Å². The number of rotatable bonds is 8. The molecular formula is C11H20N2O6. The van der Waals surface area contributed by atoms with Crippen LogP contribution in [0.5, 0.6) is 0 Å². The van der Waals surface area contributed by atoms with Crippen LogP contribution in [0.3, 0.4) is 0 Å². The van der Waals surface area contributed by atoms with Gasteiger partial charge in [0, 0.05) is 20.1 Å². The molecule has 0 saturated carbocycles. The summed E-state index contributed by atoms with van der Waals surface area (Å²) in [5, 5.41) is 10.9. The molecule has 0 aliphatic carbocycles. The fourth-order valence-corrected chi connectivity index (χ4v) is 1.29. The van der Waals surface area contributed by atoms with Crippen molar-refractivity contribution in [1.82, 2.24) is 10.2 Å². The molecule has 2 N–H and O–H groups in total. The van der Waals surface area contributed by atoms with Crippen LogP contribution in [0.4, 0.5) is 4.79 Å². The highest BCUT2D eigenvalue weighted by molar-refractivity contribution is 5.76. The van der Waals surface area contributed by atoms with Gasteiger partial charge in [0.2, 0.25) is 0 Å². The summed E-state index contributed by atoms with van der Waals surface area (Å²) in [6, 6.07) is -0.366. The van der Waals surface area contributed by atoms with Gasteiger partial charge in [-0.1, -0.05) is 6.92 Å². The number of ether oxygens (including phenoxy) is 2. The van der Waals surface area contributed by atoms with Crippen molar-refractivity contribution in [1.29, 1.82) is 0 Å². The molecule has 0 bridgehead atoms. The van der Waals surface area contributed by atoms with Crippen LogP contribution in [0.25, 0.3) is 0 Å². The summed E-state index contributed by atoms with van der Waals surface area (Å²) in [7, 11) is 2.84. The Bertz CT molecular complexity index is 320. The Kier molecular flexibility index (Phi) is 8.27. The van der Waals surface area contributed by atoms with E-state index in [1.807, 2.05) is 0 Å². The second-order valence-corrected chi connectivity index (χ2v) is 3.98. The first-order chi connectivity index (χ1) is 8.88. The number of carbonyl (C=O) groups excluding carboxylic acids is 2. The smallest absolute Gasteiger partial charge is 0.329 e. The van der Waals surface area contributed by atoms with Crippen molar-refractivity contribution in [2.24, 2.45) is 5.92 Å². The topological polar surface area (TPSA) is 105 Å². The number of esters is 1. The van der Waals surface area contributed by atoms with Crippen LogP contribution in [0.1, 0.15) is 6.92 Å². The van der Waals surface area contributed by atoms with Gasteiger partial charge >= 0.3 is 18.0 Å². The van der Waals surface area contributed by atoms with Gasteiger partial charge in [0.25, 0.3) is 0 Å². The van der Waals surface area contributed by atoms with E-state index in [2.05, 4.69) is 10.1 Å². The second-order valence-electron chi connectivity index (χ2n) is 3.98. The van der Waals surface area contributed by atoms with Crippen molar-refractivity contribution in [2.45, 2.75) is 6.92 Å². The summed E-state index contributed by atoms with van der Waals surface area (Å²) in [6.07, 6.45) is 0. The maximum Gasteiger partial charge on any atom is 0.329 e. The number of hydrogen-bond donors (Lipinski definition) is 2. The van der Waals surface area contributed by atoms with Crippen LogP contribution in [0.2, 0.25) is 0 Å². The Morgan fingerprint density at radius 1 is 1.37 bits per heavy atom. The molecule has 0 spiro atoms. The van der Waals surface area contributed by atoms with Crippen molar-refractivity contribution in [2.75, 3.05) is 40.5 Å². The van der Waals surface area contributed by atoms with Gasteiger partial charge in [0.15, 0.2) is 0 Å². The van der Waals surface area contributed by atoms with Crippen molar-refractivity contribution < 1.29 is 29.0 Å². The average Bonchev–Trinajstić information content (AvgIpc) is 2.36. The number of amides is 2. The Morgan fingerprint density at radius 2 is 2.00 bits per heavy atom. The number of methoxy groups -OCH3 is 1. The van der Waals surface area contributed by atoms with Gasteiger partial charge in [-0.3, -0.25) is 4.79 Å². The molecule has 1 unspecified atom stereocenters. The summed E-state index contributed by atoms with van der Waals surface area (Å²) >= 11 is 0. The molecule has 2 amide bonds. The summed E-state index contributed by atoms with van der Waals surface area (Å²) in [4.78, 5) is 34.3.